The normalized spacial score (nSPS) is 10.8. The van der Waals surface area contributed by atoms with Gasteiger partial charge < -0.3 is 10.1 Å². The summed E-state index contributed by atoms with van der Waals surface area (Å²) in [5, 5.41) is 13.8. The van der Waals surface area contributed by atoms with Gasteiger partial charge in [-0.15, -0.1) is 5.10 Å². The maximum absolute atomic E-state index is 12.1. The van der Waals surface area contributed by atoms with E-state index in [4.69, 9.17) is 4.74 Å². The number of anilines is 1. The zero-order valence-corrected chi connectivity index (χ0v) is 15.0. The summed E-state index contributed by atoms with van der Waals surface area (Å²) in [6.45, 7) is 6.31. The van der Waals surface area contributed by atoms with Crippen LogP contribution in [0.4, 0.5) is 5.69 Å². The van der Waals surface area contributed by atoms with Crippen LogP contribution in [0.25, 0.3) is 5.69 Å². The Morgan fingerprint density at radius 1 is 1.19 bits per heavy atom. The van der Waals surface area contributed by atoms with Crippen LogP contribution >= 0.6 is 0 Å². The number of carbonyl (C=O) groups is 1. The van der Waals surface area contributed by atoms with Gasteiger partial charge in [0.15, 0.2) is 6.61 Å². The summed E-state index contributed by atoms with van der Waals surface area (Å²) in [5.74, 6) is 0.936. The smallest absolute Gasteiger partial charge is 0.262 e. The first kappa shape index (κ1) is 17.6. The van der Waals surface area contributed by atoms with Crippen molar-refractivity contribution < 1.29 is 9.53 Å². The maximum atomic E-state index is 12.1. The Morgan fingerprint density at radius 3 is 2.58 bits per heavy atom. The largest absolute Gasteiger partial charge is 0.484 e. The molecular formula is C19H21N5O2. The fraction of sp³-hybridized carbons (Fsp3) is 0.263. The van der Waals surface area contributed by atoms with E-state index in [1.165, 1.54) is 16.6 Å². The molecule has 1 heterocycles. The van der Waals surface area contributed by atoms with Gasteiger partial charge >= 0.3 is 0 Å². The summed E-state index contributed by atoms with van der Waals surface area (Å²) in [5.41, 5.74) is 3.94. The molecule has 2 aromatic carbocycles. The minimum absolute atomic E-state index is 0.0464. The number of ether oxygens (including phenoxy) is 1. The van der Waals surface area contributed by atoms with E-state index in [2.05, 4.69) is 41.6 Å². The Kier molecular flexibility index (Phi) is 5.26. The molecule has 0 atom stereocenters. The van der Waals surface area contributed by atoms with Gasteiger partial charge in [0.25, 0.3) is 5.91 Å². The fourth-order valence-electron chi connectivity index (χ4n) is 2.71. The molecular weight excluding hydrogens is 330 g/mol. The van der Waals surface area contributed by atoms with E-state index in [0.29, 0.717) is 17.4 Å². The van der Waals surface area contributed by atoms with Crippen molar-refractivity contribution in [3.63, 3.8) is 0 Å². The molecule has 0 saturated heterocycles. The number of amides is 1. The molecule has 7 nitrogen and oxygen atoms in total. The molecule has 0 aliphatic carbocycles. The van der Waals surface area contributed by atoms with Gasteiger partial charge in [0.05, 0.1) is 5.69 Å². The lowest BCUT2D eigenvalue weighted by Gasteiger charge is -2.12. The monoisotopic (exact) mass is 351 g/mol. The summed E-state index contributed by atoms with van der Waals surface area (Å²) in [6, 6.07) is 13.1. The highest BCUT2D eigenvalue weighted by molar-refractivity contribution is 5.91. The van der Waals surface area contributed by atoms with Crippen LogP contribution < -0.4 is 10.1 Å². The Labute approximate surface area is 152 Å². The zero-order valence-electron chi connectivity index (χ0n) is 15.0. The van der Waals surface area contributed by atoms with Gasteiger partial charge in [-0.25, -0.2) is 4.68 Å². The molecule has 1 N–H and O–H groups in total. The third-order valence-electron chi connectivity index (χ3n) is 4.00. The van der Waals surface area contributed by atoms with E-state index >= 15 is 0 Å². The lowest BCUT2D eigenvalue weighted by Crippen LogP contribution is -2.20. The van der Waals surface area contributed by atoms with E-state index in [9.17, 15) is 4.79 Å². The Morgan fingerprint density at radius 2 is 1.96 bits per heavy atom. The van der Waals surface area contributed by atoms with Crippen molar-refractivity contribution in [2.75, 3.05) is 11.9 Å². The first-order valence-electron chi connectivity index (χ1n) is 8.39. The molecule has 7 heteroatoms. The number of hydrogen-bond acceptors (Lipinski definition) is 5. The van der Waals surface area contributed by atoms with Crippen LogP contribution in [0.5, 0.6) is 5.75 Å². The summed E-state index contributed by atoms with van der Waals surface area (Å²) in [7, 11) is 0. The second kappa shape index (κ2) is 7.77. The predicted molar refractivity (Wildman–Crippen MR) is 98.5 cm³/mol. The Balaban J connectivity index is 1.55. The van der Waals surface area contributed by atoms with Crippen molar-refractivity contribution in [3.05, 3.63) is 59.9 Å². The number of benzene rings is 2. The van der Waals surface area contributed by atoms with E-state index in [1.807, 2.05) is 30.3 Å². The van der Waals surface area contributed by atoms with Crippen LogP contribution in [0.1, 0.15) is 30.9 Å². The van der Waals surface area contributed by atoms with Gasteiger partial charge in [-0.05, 0) is 70.8 Å². The molecule has 0 radical (unpaired) electrons. The molecule has 0 spiro atoms. The predicted octanol–water partition coefficient (Wildman–Crippen LogP) is 3.11. The van der Waals surface area contributed by atoms with Crippen molar-refractivity contribution in [1.82, 2.24) is 20.2 Å². The van der Waals surface area contributed by atoms with Crippen LogP contribution in [-0.4, -0.2) is 32.7 Å². The number of aromatic nitrogens is 4. The standard InChI is InChI=1S/C19H21N5O2/c1-13(2)18-9-8-17(10-14(18)3)26-11-19(25)21-15-4-6-16(7-5-15)24-12-20-22-23-24/h4-10,12-13H,11H2,1-3H3,(H,21,25). The summed E-state index contributed by atoms with van der Waals surface area (Å²) < 4.78 is 7.14. The summed E-state index contributed by atoms with van der Waals surface area (Å²) >= 11 is 0. The molecule has 0 saturated carbocycles. The minimum atomic E-state index is -0.217. The average Bonchev–Trinajstić information content (AvgIpc) is 3.15. The number of rotatable bonds is 6. The first-order valence-corrected chi connectivity index (χ1v) is 8.39. The molecule has 3 rings (SSSR count). The number of nitrogens with zero attached hydrogens (tertiary/aromatic N) is 4. The lowest BCUT2D eigenvalue weighted by atomic mass is 9.98. The van der Waals surface area contributed by atoms with Crippen LogP contribution in [0.15, 0.2) is 48.8 Å². The SMILES string of the molecule is Cc1cc(OCC(=O)Nc2ccc(-n3cnnn3)cc2)ccc1C(C)C. The molecule has 3 aromatic rings. The van der Waals surface area contributed by atoms with Crippen molar-refractivity contribution >= 4 is 11.6 Å². The zero-order chi connectivity index (χ0) is 18.5. The maximum Gasteiger partial charge on any atom is 0.262 e. The van der Waals surface area contributed by atoms with Gasteiger partial charge in [0, 0.05) is 5.69 Å². The fourth-order valence-corrected chi connectivity index (χ4v) is 2.71. The van der Waals surface area contributed by atoms with Gasteiger partial charge in [-0.3, -0.25) is 4.79 Å². The summed E-state index contributed by atoms with van der Waals surface area (Å²) in [6.07, 6.45) is 1.51. The highest BCUT2D eigenvalue weighted by Crippen LogP contribution is 2.23. The van der Waals surface area contributed by atoms with E-state index in [1.54, 1.807) is 12.1 Å². The summed E-state index contributed by atoms with van der Waals surface area (Å²) in [4.78, 5) is 12.1. The van der Waals surface area contributed by atoms with Crippen LogP contribution in [0.3, 0.4) is 0 Å². The topological polar surface area (TPSA) is 81.9 Å². The molecule has 0 bridgehead atoms. The molecule has 0 aliphatic heterocycles. The van der Waals surface area contributed by atoms with Crippen LogP contribution in [0.2, 0.25) is 0 Å². The number of hydrogen-bond donors (Lipinski definition) is 1. The van der Waals surface area contributed by atoms with Gasteiger partial charge in [0.1, 0.15) is 12.1 Å². The van der Waals surface area contributed by atoms with Crippen LogP contribution in [-0.2, 0) is 4.79 Å². The number of nitrogens with one attached hydrogen (secondary N) is 1. The molecule has 0 aliphatic rings. The number of carbonyl (C=O) groups excluding carboxylic acids is 1. The van der Waals surface area contributed by atoms with E-state index in [-0.39, 0.29) is 12.5 Å². The molecule has 134 valence electrons. The molecule has 0 unspecified atom stereocenters. The van der Waals surface area contributed by atoms with Gasteiger partial charge in [-0.1, -0.05) is 19.9 Å². The minimum Gasteiger partial charge on any atom is -0.484 e. The second-order valence-electron chi connectivity index (χ2n) is 6.31. The van der Waals surface area contributed by atoms with Crippen LogP contribution in [0, 0.1) is 6.92 Å². The van der Waals surface area contributed by atoms with Gasteiger partial charge in [0.2, 0.25) is 0 Å². The van der Waals surface area contributed by atoms with Gasteiger partial charge in [-0.2, -0.15) is 0 Å². The Bertz CT molecular complexity index is 873. The quantitative estimate of drug-likeness (QED) is 0.738. The molecule has 0 fully saturated rings. The van der Waals surface area contributed by atoms with Crippen molar-refractivity contribution in [2.45, 2.75) is 26.7 Å². The average molecular weight is 351 g/mol. The molecule has 26 heavy (non-hydrogen) atoms. The van der Waals surface area contributed by atoms with Crippen molar-refractivity contribution in [3.8, 4) is 11.4 Å². The second-order valence-corrected chi connectivity index (χ2v) is 6.31. The highest BCUT2D eigenvalue weighted by atomic mass is 16.5. The highest BCUT2D eigenvalue weighted by Gasteiger charge is 2.07. The third kappa shape index (κ3) is 4.24. The molecule has 1 aromatic heterocycles. The van der Waals surface area contributed by atoms with E-state index in [0.717, 1.165) is 11.3 Å². The number of tetrazole rings is 1. The third-order valence-corrected chi connectivity index (χ3v) is 4.00. The lowest BCUT2D eigenvalue weighted by molar-refractivity contribution is -0.118. The Hall–Kier alpha value is -3.22. The van der Waals surface area contributed by atoms with Crippen molar-refractivity contribution in [2.24, 2.45) is 0 Å². The van der Waals surface area contributed by atoms with E-state index < -0.39 is 0 Å². The first-order chi connectivity index (χ1) is 12.5. The molecule has 1 amide bonds. The number of aryl methyl sites for hydroxylation is 1. The van der Waals surface area contributed by atoms with Crippen molar-refractivity contribution in [1.29, 1.82) is 0 Å².